The van der Waals surface area contributed by atoms with Crippen LogP contribution in [0.15, 0.2) is 103 Å². The second-order valence-electron chi connectivity index (χ2n) is 12.4. The number of carbonyl (C=O) groups is 1. The molecule has 1 radical (unpaired) electrons. The maximum atomic E-state index is 11.0. The Kier molecular flexibility index (Phi) is 11.7. The quantitative estimate of drug-likeness (QED) is 0.110. The van der Waals surface area contributed by atoms with Crippen LogP contribution in [-0.4, -0.2) is 15.9 Å². The largest absolute Gasteiger partial charge is 0.512 e. The zero-order valence-electron chi connectivity index (χ0n) is 26.9. The van der Waals surface area contributed by atoms with Crippen molar-refractivity contribution in [2.24, 2.45) is 11.8 Å². The van der Waals surface area contributed by atoms with Crippen molar-refractivity contribution in [2.75, 3.05) is 0 Å². The molecule has 233 valence electrons. The monoisotopic (exact) mass is 773 g/mol. The predicted octanol–water partition coefficient (Wildman–Crippen LogP) is 9.87. The van der Waals surface area contributed by atoms with Crippen LogP contribution in [0.25, 0.3) is 33.3 Å². The third-order valence-electron chi connectivity index (χ3n) is 8.36. The first-order chi connectivity index (χ1) is 21.2. The van der Waals surface area contributed by atoms with Crippen LogP contribution in [0.1, 0.15) is 55.5 Å². The topological polar surface area (TPSA) is 50.2 Å². The van der Waals surface area contributed by atoms with Crippen LogP contribution in [0.2, 0.25) is 0 Å². The number of ketones is 1. The number of aryl methyl sites for hydroxylation is 5. The fraction of sp³-hybridized carbons (Fsp3) is 0.268. The van der Waals surface area contributed by atoms with Crippen molar-refractivity contribution in [3.8, 4) is 22.4 Å². The number of allylic oxidation sites excluding steroid dienone is 2. The molecule has 4 aliphatic carbocycles. The molecule has 1 aromatic heterocycles. The molecule has 45 heavy (non-hydrogen) atoms. The summed E-state index contributed by atoms with van der Waals surface area (Å²) in [4.78, 5) is 15.9. The average Bonchev–Trinajstić information content (AvgIpc) is 3.02. The van der Waals surface area contributed by atoms with Crippen LogP contribution in [0, 0.1) is 24.8 Å². The Morgan fingerprint density at radius 1 is 0.800 bits per heavy atom. The number of aliphatic hydroxyl groups excluding tert-OH is 1. The van der Waals surface area contributed by atoms with Gasteiger partial charge in [0.1, 0.15) is 0 Å². The Hall–Kier alpha value is -3.85. The predicted molar refractivity (Wildman–Crippen MR) is 183 cm³/mol. The summed E-state index contributed by atoms with van der Waals surface area (Å²) in [6.07, 6.45) is 5.57. The van der Waals surface area contributed by atoms with Crippen LogP contribution >= 0.6 is 0 Å². The number of benzene rings is 4. The van der Waals surface area contributed by atoms with E-state index in [9.17, 15) is 9.90 Å². The number of nitrogens with zero attached hydrogens (tertiary/aromatic N) is 1. The number of aliphatic hydroxyl groups is 1. The standard InChI is InChI=1S/C32H26N.C9H16O2.Ir/c1-22-20-32(33-31-5-3-2-4-29(22)31)28-18-16-27(17-19-28)30-21-25-11-10-23-6-8-24(9-7-23)12-14-26(30)15-13-25;1-6(2)8(10)5-9(11)7(3)4;/h2-9,13,15-18,20-21H,10-12,14H2,1H3;5-7,10H,1-4H3;/q-1;;. The molecule has 1 N–H and O–H groups in total. The van der Waals surface area contributed by atoms with E-state index in [0.29, 0.717) is 0 Å². The van der Waals surface area contributed by atoms with Crippen molar-refractivity contribution in [2.45, 2.75) is 60.3 Å². The van der Waals surface area contributed by atoms with Crippen molar-refractivity contribution in [1.82, 2.24) is 4.98 Å². The van der Waals surface area contributed by atoms with Crippen molar-refractivity contribution >= 4 is 16.7 Å². The first-order valence-corrected chi connectivity index (χ1v) is 15.7. The molecule has 0 aliphatic heterocycles. The Labute approximate surface area is 281 Å². The van der Waals surface area contributed by atoms with Gasteiger partial charge in [0.25, 0.3) is 0 Å². The minimum Gasteiger partial charge on any atom is -0.512 e. The fourth-order valence-corrected chi connectivity index (χ4v) is 5.42. The van der Waals surface area contributed by atoms with Crippen molar-refractivity contribution < 1.29 is 30.0 Å². The summed E-state index contributed by atoms with van der Waals surface area (Å²) in [7, 11) is 0. The molecule has 0 saturated heterocycles. The first-order valence-electron chi connectivity index (χ1n) is 15.7. The van der Waals surface area contributed by atoms with E-state index in [1.54, 1.807) is 0 Å². The van der Waals surface area contributed by atoms with Gasteiger partial charge in [-0.3, -0.25) is 9.78 Å². The van der Waals surface area contributed by atoms with Crippen LogP contribution < -0.4 is 0 Å². The van der Waals surface area contributed by atoms with Gasteiger partial charge < -0.3 is 5.11 Å². The van der Waals surface area contributed by atoms with Crippen LogP contribution in [-0.2, 0) is 50.6 Å². The molecular formula is C41H42IrNO2-. The van der Waals surface area contributed by atoms with E-state index >= 15 is 0 Å². The van der Waals surface area contributed by atoms with Crippen molar-refractivity contribution in [3.05, 3.63) is 137 Å². The van der Waals surface area contributed by atoms with Crippen molar-refractivity contribution in [1.29, 1.82) is 0 Å². The molecule has 0 amide bonds. The zero-order chi connectivity index (χ0) is 31.2. The summed E-state index contributed by atoms with van der Waals surface area (Å²) in [5.74, 6) is 0.161. The number of para-hydroxylation sites is 1. The molecule has 0 atom stereocenters. The van der Waals surface area contributed by atoms with Crippen LogP contribution in [0.5, 0.6) is 0 Å². The average molecular weight is 773 g/mol. The molecule has 4 aliphatic rings. The number of pyridine rings is 1. The van der Waals surface area contributed by atoms with Gasteiger partial charge in [0.15, 0.2) is 5.78 Å². The molecule has 5 aromatic rings. The second-order valence-corrected chi connectivity index (χ2v) is 12.4. The third kappa shape index (κ3) is 8.66. The molecule has 0 fully saturated rings. The summed E-state index contributed by atoms with van der Waals surface area (Å²) in [5, 5.41) is 10.4. The summed E-state index contributed by atoms with van der Waals surface area (Å²) >= 11 is 0. The van der Waals surface area contributed by atoms with E-state index in [-0.39, 0.29) is 43.5 Å². The van der Waals surface area contributed by atoms with Gasteiger partial charge in [-0.25, -0.2) is 0 Å². The van der Waals surface area contributed by atoms with E-state index in [1.165, 1.54) is 50.4 Å². The summed E-state index contributed by atoms with van der Waals surface area (Å²) in [6, 6.07) is 36.8. The van der Waals surface area contributed by atoms with Gasteiger partial charge in [0.2, 0.25) is 0 Å². The maximum Gasteiger partial charge on any atom is 0.161 e. The minimum absolute atomic E-state index is 0. The SMILES string of the molecule is CC(C)C(=O)C=C(O)C(C)C.Cc1cc(-c2[c-]cc(-c3cc4ccc3CCc3ccc(cc3)CC4)cc2)nc2ccccc12.[Ir]. The molecule has 4 bridgehead atoms. The summed E-state index contributed by atoms with van der Waals surface area (Å²) < 4.78 is 0. The normalized spacial score (nSPS) is 12.7. The molecular weight excluding hydrogens is 731 g/mol. The fourth-order valence-electron chi connectivity index (χ4n) is 5.42. The van der Waals surface area contributed by atoms with Crippen LogP contribution in [0.4, 0.5) is 0 Å². The Morgan fingerprint density at radius 2 is 1.44 bits per heavy atom. The Morgan fingerprint density at radius 3 is 2.09 bits per heavy atom. The van der Waals surface area contributed by atoms with Gasteiger partial charge >= 0.3 is 0 Å². The molecule has 4 aromatic carbocycles. The van der Waals surface area contributed by atoms with E-state index in [1.807, 2.05) is 33.8 Å². The zero-order valence-corrected chi connectivity index (χ0v) is 29.3. The van der Waals surface area contributed by atoms with E-state index in [2.05, 4.69) is 97.9 Å². The molecule has 0 spiro atoms. The van der Waals surface area contributed by atoms with Crippen molar-refractivity contribution in [3.63, 3.8) is 0 Å². The first kappa shape index (κ1) is 34.0. The molecule has 9 rings (SSSR count). The molecule has 1 heterocycles. The van der Waals surface area contributed by atoms with E-state index in [4.69, 9.17) is 4.98 Å². The minimum atomic E-state index is -0.0316. The summed E-state index contributed by atoms with van der Waals surface area (Å²) in [6.45, 7) is 9.47. The van der Waals surface area contributed by atoms with Gasteiger partial charge in [-0.15, -0.1) is 29.8 Å². The number of rotatable bonds is 5. The molecule has 4 heteroatoms. The number of fused-ring (bicyclic) bond motifs is 1. The Bertz CT molecular complexity index is 1780. The van der Waals surface area contributed by atoms with Gasteiger partial charge in [-0.2, -0.15) is 0 Å². The molecule has 3 nitrogen and oxygen atoms in total. The number of aromatic nitrogens is 1. The number of hydrogen-bond acceptors (Lipinski definition) is 3. The third-order valence-corrected chi connectivity index (χ3v) is 8.36. The number of hydrogen-bond donors (Lipinski definition) is 1. The Balaban J connectivity index is 0.000000332. The van der Waals surface area contributed by atoms with Gasteiger partial charge in [0.05, 0.1) is 11.3 Å². The van der Waals surface area contributed by atoms with Crippen LogP contribution in [0.3, 0.4) is 0 Å². The smallest absolute Gasteiger partial charge is 0.161 e. The molecule has 0 saturated carbocycles. The number of carbonyl (C=O) groups excluding carboxylic acids is 1. The molecule has 0 unspecified atom stereocenters. The van der Waals surface area contributed by atoms with E-state index in [0.717, 1.165) is 42.5 Å². The maximum absolute atomic E-state index is 11.0. The van der Waals surface area contributed by atoms with Gasteiger partial charge in [0, 0.05) is 43.4 Å². The van der Waals surface area contributed by atoms with Gasteiger partial charge in [-0.05, 0) is 72.2 Å². The summed E-state index contributed by atoms with van der Waals surface area (Å²) in [5.41, 5.74) is 12.5. The van der Waals surface area contributed by atoms with E-state index < -0.39 is 0 Å². The second kappa shape index (κ2) is 15.4. The van der Waals surface area contributed by atoms with Gasteiger partial charge in [-0.1, -0.05) is 106 Å².